The largest absolute Gasteiger partial charge is 0.373 e. The first-order valence-electron chi connectivity index (χ1n) is 6.39. The first-order chi connectivity index (χ1) is 8.90. The van der Waals surface area contributed by atoms with Crippen molar-refractivity contribution in [2.24, 2.45) is 5.92 Å². The van der Waals surface area contributed by atoms with E-state index in [0.717, 1.165) is 15.7 Å². The van der Waals surface area contributed by atoms with Gasteiger partial charge in [0.1, 0.15) is 6.04 Å². The molecule has 0 aliphatic heterocycles. The van der Waals surface area contributed by atoms with E-state index in [2.05, 4.69) is 47.1 Å². The van der Waals surface area contributed by atoms with Crippen molar-refractivity contribution in [1.82, 2.24) is 5.32 Å². The maximum absolute atomic E-state index is 11.9. The minimum absolute atomic E-state index is 0.00438. The van der Waals surface area contributed by atoms with Crippen LogP contribution in [0.3, 0.4) is 0 Å². The molecule has 0 fully saturated rings. The van der Waals surface area contributed by atoms with Crippen LogP contribution in [0.15, 0.2) is 18.2 Å². The van der Waals surface area contributed by atoms with Crippen LogP contribution in [0.1, 0.15) is 27.2 Å². The van der Waals surface area contributed by atoms with Gasteiger partial charge in [0.2, 0.25) is 5.91 Å². The Kier molecular flexibility index (Phi) is 6.93. The molecule has 2 N–H and O–H groups in total. The van der Waals surface area contributed by atoms with Crippen LogP contribution in [0, 0.1) is 9.49 Å². The van der Waals surface area contributed by atoms with Crippen molar-refractivity contribution < 1.29 is 4.79 Å². The van der Waals surface area contributed by atoms with Gasteiger partial charge in [-0.15, -0.1) is 0 Å². The molecule has 0 aliphatic carbocycles. The normalized spacial score (nSPS) is 12.3. The van der Waals surface area contributed by atoms with Crippen molar-refractivity contribution in [2.45, 2.75) is 33.2 Å². The first kappa shape index (κ1) is 16.6. The summed E-state index contributed by atoms with van der Waals surface area (Å²) in [5, 5.41) is 6.68. The lowest BCUT2D eigenvalue weighted by molar-refractivity contribution is -0.121. The van der Waals surface area contributed by atoms with Crippen LogP contribution >= 0.6 is 34.2 Å². The maximum atomic E-state index is 11.9. The third-order valence-corrected chi connectivity index (χ3v) is 3.70. The molecule has 0 aromatic heterocycles. The third kappa shape index (κ3) is 5.99. The zero-order valence-electron chi connectivity index (χ0n) is 11.5. The van der Waals surface area contributed by atoms with Gasteiger partial charge in [0.15, 0.2) is 0 Å². The smallest absolute Gasteiger partial charge is 0.242 e. The highest BCUT2D eigenvalue weighted by molar-refractivity contribution is 14.1. The Morgan fingerprint density at radius 3 is 2.63 bits per heavy atom. The molecule has 1 aromatic carbocycles. The van der Waals surface area contributed by atoms with E-state index in [4.69, 9.17) is 11.6 Å². The van der Waals surface area contributed by atoms with Gasteiger partial charge in [-0.2, -0.15) is 0 Å². The first-order valence-corrected chi connectivity index (χ1v) is 7.85. The molecule has 3 nitrogen and oxygen atoms in total. The lowest BCUT2D eigenvalue weighted by atomic mass is 10.1. The summed E-state index contributed by atoms with van der Waals surface area (Å²) in [6, 6.07) is 5.42. The predicted molar refractivity (Wildman–Crippen MR) is 89.7 cm³/mol. The van der Waals surface area contributed by atoms with Gasteiger partial charge in [-0.3, -0.25) is 4.79 Å². The zero-order chi connectivity index (χ0) is 14.4. The lowest BCUT2D eigenvalue weighted by Gasteiger charge is -2.16. The summed E-state index contributed by atoms with van der Waals surface area (Å²) >= 11 is 8.33. The molecule has 0 spiro atoms. The van der Waals surface area contributed by atoms with Gasteiger partial charge >= 0.3 is 0 Å². The molecule has 0 saturated carbocycles. The third-order valence-electron chi connectivity index (χ3n) is 2.72. The molecular weight excluding hydrogens is 375 g/mol. The van der Waals surface area contributed by atoms with Crippen molar-refractivity contribution in [3.05, 3.63) is 26.8 Å². The van der Waals surface area contributed by atoms with E-state index in [-0.39, 0.29) is 11.9 Å². The summed E-state index contributed by atoms with van der Waals surface area (Å²) in [4.78, 5) is 11.9. The van der Waals surface area contributed by atoms with E-state index >= 15 is 0 Å². The molecule has 19 heavy (non-hydrogen) atoms. The van der Waals surface area contributed by atoms with Crippen molar-refractivity contribution >= 4 is 45.8 Å². The highest BCUT2D eigenvalue weighted by Crippen LogP contribution is 2.24. The molecule has 1 aromatic rings. The van der Waals surface area contributed by atoms with Gasteiger partial charge in [-0.05, 0) is 60.1 Å². The van der Waals surface area contributed by atoms with Crippen LogP contribution in [-0.4, -0.2) is 18.5 Å². The summed E-state index contributed by atoms with van der Waals surface area (Å²) in [7, 11) is 0. The minimum atomic E-state index is -0.301. The maximum Gasteiger partial charge on any atom is 0.242 e. The second-order valence-corrected chi connectivity index (χ2v) is 6.62. The van der Waals surface area contributed by atoms with Crippen molar-refractivity contribution in [1.29, 1.82) is 0 Å². The van der Waals surface area contributed by atoms with Crippen LogP contribution in [0.4, 0.5) is 5.69 Å². The monoisotopic (exact) mass is 394 g/mol. The number of hydrogen-bond donors (Lipinski definition) is 2. The number of benzene rings is 1. The molecule has 5 heteroatoms. The SMILES string of the molecule is CC(C)CCNC(=O)C(C)Nc1ccc(I)cc1Cl. The Hall–Kier alpha value is -0.490. The van der Waals surface area contributed by atoms with Crippen LogP contribution < -0.4 is 10.6 Å². The van der Waals surface area contributed by atoms with E-state index in [9.17, 15) is 4.79 Å². The molecule has 1 atom stereocenters. The number of rotatable bonds is 6. The second kappa shape index (κ2) is 7.94. The van der Waals surface area contributed by atoms with Crippen LogP contribution in [0.25, 0.3) is 0 Å². The van der Waals surface area contributed by atoms with E-state index in [0.29, 0.717) is 17.5 Å². The fourth-order valence-electron chi connectivity index (χ4n) is 1.54. The Morgan fingerprint density at radius 2 is 2.05 bits per heavy atom. The van der Waals surface area contributed by atoms with Gasteiger partial charge in [-0.1, -0.05) is 25.4 Å². The fourth-order valence-corrected chi connectivity index (χ4v) is 2.45. The van der Waals surface area contributed by atoms with E-state index in [1.54, 1.807) is 0 Å². The zero-order valence-corrected chi connectivity index (χ0v) is 14.4. The molecule has 0 heterocycles. The lowest BCUT2D eigenvalue weighted by Crippen LogP contribution is -2.38. The molecule has 0 bridgehead atoms. The number of nitrogens with one attached hydrogen (secondary N) is 2. The number of anilines is 1. The molecule has 0 aliphatic rings. The number of carbonyl (C=O) groups excluding carboxylic acids is 1. The Labute approximate surface area is 133 Å². The number of halogens is 2. The topological polar surface area (TPSA) is 41.1 Å². The van der Waals surface area contributed by atoms with Crippen LogP contribution in [0.5, 0.6) is 0 Å². The molecule has 0 radical (unpaired) electrons. The fraction of sp³-hybridized carbons (Fsp3) is 0.500. The number of carbonyl (C=O) groups is 1. The summed E-state index contributed by atoms with van der Waals surface area (Å²) < 4.78 is 1.07. The van der Waals surface area contributed by atoms with E-state index in [1.807, 2.05) is 25.1 Å². The summed E-state index contributed by atoms with van der Waals surface area (Å²) in [5.41, 5.74) is 0.786. The second-order valence-electron chi connectivity index (χ2n) is 4.96. The highest BCUT2D eigenvalue weighted by Gasteiger charge is 2.13. The highest BCUT2D eigenvalue weighted by atomic mass is 127. The molecule has 1 rings (SSSR count). The molecule has 0 saturated heterocycles. The Morgan fingerprint density at radius 1 is 1.37 bits per heavy atom. The van der Waals surface area contributed by atoms with Crippen LogP contribution in [-0.2, 0) is 4.79 Å². The van der Waals surface area contributed by atoms with Gasteiger partial charge in [0, 0.05) is 10.1 Å². The number of amides is 1. The molecular formula is C14H20ClIN2O. The van der Waals surface area contributed by atoms with E-state index < -0.39 is 0 Å². The number of hydrogen-bond acceptors (Lipinski definition) is 2. The standard InChI is InChI=1S/C14H20ClIN2O/c1-9(2)6-7-17-14(19)10(3)18-13-5-4-11(16)8-12(13)15/h4-5,8-10,18H,6-7H2,1-3H3,(H,17,19). The summed E-state index contributed by atoms with van der Waals surface area (Å²) in [6.07, 6.45) is 0.989. The summed E-state index contributed by atoms with van der Waals surface area (Å²) in [5.74, 6) is 0.587. The minimum Gasteiger partial charge on any atom is -0.373 e. The van der Waals surface area contributed by atoms with Crippen LogP contribution in [0.2, 0.25) is 5.02 Å². The van der Waals surface area contributed by atoms with Gasteiger partial charge in [-0.25, -0.2) is 0 Å². The van der Waals surface area contributed by atoms with Crippen molar-refractivity contribution in [3.63, 3.8) is 0 Å². The molecule has 1 unspecified atom stereocenters. The van der Waals surface area contributed by atoms with E-state index in [1.165, 1.54) is 0 Å². The Balaban J connectivity index is 2.49. The summed E-state index contributed by atoms with van der Waals surface area (Å²) in [6.45, 7) is 6.82. The van der Waals surface area contributed by atoms with Gasteiger partial charge < -0.3 is 10.6 Å². The van der Waals surface area contributed by atoms with Crippen molar-refractivity contribution in [3.8, 4) is 0 Å². The average molecular weight is 395 g/mol. The average Bonchev–Trinajstić information content (AvgIpc) is 2.32. The Bertz CT molecular complexity index is 437. The quantitative estimate of drug-likeness (QED) is 0.718. The molecule has 1 amide bonds. The van der Waals surface area contributed by atoms with Gasteiger partial charge in [0.25, 0.3) is 0 Å². The predicted octanol–water partition coefficient (Wildman–Crippen LogP) is 3.91. The van der Waals surface area contributed by atoms with Crippen molar-refractivity contribution in [2.75, 3.05) is 11.9 Å². The molecule has 106 valence electrons. The van der Waals surface area contributed by atoms with Gasteiger partial charge in [0.05, 0.1) is 10.7 Å².